The molecule has 7 nitrogen and oxygen atoms in total. The topological polar surface area (TPSA) is 118 Å². The van der Waals surface area contributed by atoms with Gasteiger partial charge in [0.25, 0.3) is 5.91 Å². The lowest BCUT2D eigenvalue weighted by molar-refractivity contribution is -0.122. The fourth-order valence-electron chi connectivity index (χ4n) is 3.48. The highest BCUT2D eigenvalue weighted by Crippen LogP contribution is 2.21. The molecule has 32 heavy (non-hydrogen) atoms. The van der Waals surface area contributed by atoms with Crippen molar-refractivity contribution in [3.05, 3.63) is 83.7 Å². The maximum absolute atomic E-state index is 12.9. The van der Waals surface area contributed by atoms with Crippen molar-refractivity contribution >= 4 is 34.4 Å². The number of carbonyl (C=O) groups is 2. The summed E-state index contributed by atoms with van der Waals surface area (Å²) in [5, 5.41) is 14.1. The molecule has 0 aliphatic heterocycles. The van der Waals surface area contributed by atoms with E-state index < -0.39 is 29.9 Å². The molecule has 0 aliphatic carbocycles. The largest absolute Gasteiger partial charge is 0.391 e. The SMILES string of the molecule is C=C(Cl)C[C@@H](C[C@H](O)[C@H](Cc1ccccc1)NC(=O)c1cnc2ccccc2n1)C(N)=O. The van der Waals surface area contributed by atoms with E-state index in [1.165, 1.54) is 6.20 Å². The van der Waals surface area contributed by atoms with Gasteiger partial charge in [-0.1, -0.05) is 60.6 Å². The number of hydrogen-bond acceptors (Lipinski definition) is 5. The molecule has 0 spiro atoms. The highest BCUT2D eigenvalue weighted by Gasteiger charge is 2.28. The number of carbonyl (C=O) groups excluding carboxylic acids is 2. The number of hydrogen-bond donors (Lipinski definition) is 3. The molecule has 3 rings (SSSR count). The van der Waals surface area contributed by atoms with Crippen LogP contribution in [0.5, 0.6) is 0 Å². The van der Waals surface area contributed by atoms with Gasteiger partial charge < -0.3 is 16.2 Å². The monoisotopic (exact) mass is 452 g/mol. The first kappa shape index (κ1) is 23.4. The predicted molar refractivity (Wildman–Crippen MR) is 124 cm³/mol. The second-order valence-corrected chi connectivity index (χ2v) is 8.17. The molecule has 0 saturated heterocycles. The summed E-state index contributed by atoms with van der Waals surface area (Å²) in [6, 6.07) is 16.0. The number of halogens is 1. The fourth-order valence-corrected chi connectivity index (χ4v) is 3.67. The van der Waals surface area contributed by atoms with Crippen molar-refractivity contribution in [3.8, 4) is 0 Å². The van der Waals surface area contributed by atoms with E-state index in [9.17, 15) is 14.7 Å². The molecule has 0 aliphatic rings. The molecule has 0 bridgehead atoms. The number of primary amides is 1. The van der Waals surface area contributed by atoms with Crippen LogP contribution in [0.2, 0.25) is 0 Å². The highest BCUT2D eigenvalue weighted by atomic mass is 35.5. The van der Waals surface area contributed by atoms with E-state index in [0.717, 1.165) is 5.56 Å². The Bertz CT molecular complexity index is 1110. The second-order valence-electron chi connectivity index (χ2n) is 7.64. The lowest BCUT2D eigenvalue weighted by Gasteiger charge is -2.26. The average Bonchev–Trinajstić information content (AvgIpc) is 2.78. The minimum Gasteiger partial charge on any atom is -0.391 e. The zero-order chi connectivity index (χ0) is 23.1. The summed E-state index contributed by atoms with van der Waals surface area (Å²) in [6.45, 7) is 3.60. The Morgan fingerprint density at radius 2 is 1.75 bits per heavy atom. The Kier molecular flexibility index (Phi) is 7.92. The smallest absolute Gasteiger partial charge is 0.271 e. The van der Waals surface area contributed by atoms with E-state index >= 15 is 0 Å². The zero-order valence-electron chi connectivity index (χ0n) is 17.4. The average molecular weight is 453 g/mol. The Balaban J connectivity index is 1.81. The van der Waals surface area contributed by atoms with Gasteiger partial charge in [0.05, 0.1) is 29.4 Å². The summed E-state index contributed by atoms with van der Waals surface area (Å²) in [6.07, 6.45) is 0.870. The lowest BCUT2D eigenvalue weighted by atomic mass is 9.91. The number of nitrogens with zero attached hydrogens (tertiary/aromatic N) is 2. The number of aliphatic hydroxyl groups excluding tert-OH is 1. The summed E-state index contributed by atoms with van der Waals surface area (Å²) in [7, 11) is 0. The normalized spacial score (nSPS) is 13.8. The molecule has 0 unspecified atom stereocenters. The standard InChI is InChI=1S/C24H25ClN4O3/c1-15(25)11-17(23(26)31)13-22(30)20(12-16-7-3-2-4-8-16)29-24(32)21-14-27-18-9-5-6-10-19(18)28-21/h2-10,14,17,20,22,30H,1,11-13H2,(H2,26,31)(H,29,32)/t17-,20-,22-/m0/s1. The Morgan fingerprint density at radius 1 is 1.09 bits per heavy atom. The van der Waals surface area contributed by atoms with Crippen LogP contribution in [0.3, 0.4) is 0 Å². The van der Waals surface area contributed by atoms with Crippen molar-refractivity contribution in [2.24, 2.45) is 11.7 Å². The van der Waals surface area contributed by atoms with Gasteiger partial charge in [-0.25, -0.2) is 4.98 Å². The molecule has 166 valence electrons. The molecule has 1 aromatic heterocycles. The van der Waals surface area contributed by atoms with Crippen molar-refractivity contribution in [3.63, 3.8) is 0 Å². The molecule has 0 saturated carbocycles. The number of aromatic nitrogens is 2. The molecule has 0 fully saturated rings. The van der Waals surface area contributed by atoms with Gasteiger partial charge in [-0.2, -0.15) is 0 Å². The number of nitrogens with two attached hydrogens (primary N) is 1. The van der Waals surface area contributed by atoms with Crippen LogP contribution in [0.4, 0.5) is 0 Å². The van der Waals surface area contributed by atoms with Crippen molar-refractivity contribution in [2.75, 3.05) is 0 Å². The first-order chi connectivity index (χ1) is 15.3. The van der Waals surface area contributed by atoms with Crippen molar-refractivity contribution in [1.29, 1.82) is 0 Å². The molecule has 1 heterocycles. The molecule has 0 radical (unpaired) electrons. The first-order valence-electron chi connectivity index (χ1n) is 10.2. The molecule has 2 aromatic carbocycles. The van der Waals surface area contributed by atoms with E-state index in [1.807, 2.05) is 42.5 Å². The van der Waals surface area contributed by atoms with E-state index in [0.29, 0.717) is 17.5 Å². The number of amides is 2. The molecule has 4 N–H and O–H groups in total. The van der Waals surface area contributed by atoms with Gasteiger partial charge in [-0.15, -0.1) is 0 Å². The van der Waals surface area contributed by atoms with Crippen LogP contribution in [0.1, 0.15) is 28.9 Å². The van der Waals surface area contributed by atoms with Crippen LogP contribution in [0.25, 0.3) is 11.0 Å². The lowest BCUT2D eigenvalue weighted by Crippen LogP contribution is -2.46. The minimum absolute atomic E-state index is 0.0300. The second kappa shape index (κ2) is 10.8. The summed E-state index contributed by atoms with van der Waals surface area (Å²) in [5.74, 6) is -1.76. The number of benzene rings is 2. The summed E-state index contributed by atoms with van der Waals surface area (Å²) < 4.78 is 0. The van der Waals surface area contributed by atoms with Gasteiger partial charge in [0, 0.05) is 11.0 Å². The third-order valence-electron chi connectivity index (χ3n) is 5.16. The van der Waals surface area contributed by atoms with Crippen LogP contribution in [0.15, 0.2) is 72.4 Å². The molecular formula is C24H25ClN4O3. The maximum atomic E-state index is 12.9. The molecule has 8 heteroatoms. The summed E-state index contributed by atoms with van der Waals surface area (Å²) in [5.41, 5.74) is 7.79. The van der Waals surface area contributed by atoms with Gasteiger partial charge in [0.1, 0.15) is 5.69 Å². The maximum Gasteiger partial charge on any atom is 0.271 e. The Morgan fingerprint density at radius 3 is 2.41 bits per heavy atom. The van der Waals surface area contributed by atoms with E-state index in [1.54, 1.807) is 12.1 Å². The number of fused-ring (bicyclic) bond motifs is 1. The quantitative estimate of drug-likeness (QED) is 0.437. The van der Waals surface area contributed by atoms with Crippen molar-refractivity contribution in [2.45, 2.75) is 31.4 Å². The Labute approximate surface area is 191 Å². The number of rotatable bonds is 10. The van der Waals surface area contributed by atoms with Gasteiger partial charge in [0.2, 0.25) is 5.91 Å². The van der Waals surface area contributed by atoms with Crippen LogP contribution >= 0.6 is 11.6 Å². The summed E-state index contributed by atoms with van der Waals surface area (Å²) >= 11 is 5.85. The van der Waals surface area contributed by atoms with Crippen LogP contribution in [-0.2, 0) is 11.2 Å². The third kappa shape index (κ3) is 6.35. The van der Waals surface area contributed by atoms with Gasteiger partial charge in [0.15, 0.2) is 0 Å². The number of para-hydroxylation sites is 2. The molecule has 3 aromatic rings. The summed E-state index contributed by atoms with van der Waals surface area (Å²) in [4.78, 5) is 33.4. The zero-order valence-corrected chi connectivity index (χ0v) is 18.2. The van der Waals surface area contributed by atoms with E-state index in [4.69, 9.17) is 17.3 Å². The van der Waals surface area contributed by atoms with Crippen molar-refractivity contribution in [1.82, 2.24) is 15.3 Å². The van der Waals surface area contributed by atoms with Gasteiger partial charge in [-0.05, 0) is 37.0 Å². The molecular weight excluding hydrogens is 428 g/mol. The minimum atomic E-state index is -1.05. The number of nitrogens with one attached hydrogen (secondary N) is 1. The predicted octanol–water partition coefficient (Wildman–Crippen LogP) is 2.97. The van der Waals surface area contributed by atoms with E-state index in [-0.39, 0.29) is 23.6 Å². The highest BCUT2D eigenvalue weighted by molar-refractivity contribution is 6.29. The number of aliphatic hydroxyl groups is 1. The van der Waals surface area contributed by atoms with Gasteiger partial charge in [-0.3, -0.25) is 14.6 Å². The van der Waals surface area contributed by atoms with Crippen molar-refractivity contribution < 1.29 is 14.7 Å². The Hall–Kier alpha value is -3.29. The fraction of sp³-hybridized carbons (Fsp3) is 0.250. The van der Waals surface area contributed by atoms with Crippen LogP contribution < -0.4 is 11.1 Å². The van der Waals surface area contributed by atoms with Crippen LogP contribution in [-0.4, -0.2) is 39.0 Å². The third-order valence-corrected chi connectivity index (χ3v) is 5.31. The molecule has 3 atom stereocenters. The van der Waals surface area contributed by atoms with Gasteiger partial charge >= 0.3 is 0 Å². The van der Waals surface area contributed by atoms with Crippen LogP contribution in [0, 0.1) is 5.92 Å². The first-order valence-corrected chi connectivity index (χ1v) is 10.6. The molecule has 2 amide bonds. The van der Waals surface area contributed by atoms with E-state index in [2.05, 4.69) is 21.9 Å². The number of allylic oxidation sites excluding steroid dienone is 1.